The summed E-state index contributed by atoms with van der Waals surface area (Å²) in [5.41, 5.74) is 15.1. The molecule has 4 aromatic rings. The van der Waals surface area contributed by atoms with E-state index in [9.17, 15) is 5.11 Å². The van der Waals surface area contributed by atoms with E-state index in [2.05, 4.69) is 9.97 Å². The Hall–Kier alpha value is -3.12. The van der Waals surface area contributed by atoms with E-state index in [4.69, 9.17) is 11.5 Å². The van der Waals surface area contributed by atoms with Crippen LogP contribution in [-0.2, 0) is 0 Å². The summed E-state index contributed by atoms with van der Waals surface area (Å²) in [5, 5.41) is 11.4. The van der Waals surface area contributed by atoms with E-state index in [1.54, 1.807) is 4.57 Å². The first kappa shape index (κ1) is 14.5. The summed E-state index contributed by atoms with van der Waals surface area (Å²) in [5.74, 6) is 0.293. The predicted octanol–water partition coefficient (Wildman–Crippen LogP) is 2.42. The largest absolute Gasteiger partial charge is 0.480 e. The standard InChI is InChI=1S/C18H17N5O/c19-10-14(11-6-2-1-3-7-11)23-16-12-8-4-5-9-13(12)21-17(20)15(16)22-18(23)24/h1-9,14H,10,19H2,(H2,20,21)(H,22,24). The molecule has 2 heterocycles. The molecule has 0 saturated carbocycles. The summed E-state index contributed by atoms with van der Waals surface area (Å²) in [7, 11) is 0. The molecular formula is C18H17N5O. The topological polar surface area (TPSA) is 103 Å². The normalized spacial score (nSPS) is 12.7. The van der Waals surface area contributed by atoms with Crippen LogP contribution in [0.3, 0.4) is 0 Å². The fourth-order valence-electron chi connectivity index (χ4n) is 3.17. The molecule has 0 bridgehead atoms. The van der Waals surface area contributed by atoms with Gasteiger partial charge in [-0.1, -0.05) is 48.5 Å². The fraction of sp³-hybridized carbons (Fsp3) is 0.111. The first-order valence-electron chi connectivity index (χ1n) is 7.71. The van der Waals surface area contributed by atoms with Gasteiger partial charge in [0.05, 0.1) is 17.1 Å². The maximum absolute atomic E-state index is 10.5. The van der Waals surface area contributed by atoms with Gasteiger partial charge in [0.15, 0.2) is 5.82 Å². The molecule has 2 aromatic carbocycles. The first-order valence-corrected chi connectivity index (χ1v) is 7.71. The van der Waals surface area contributed by atoms with Crippen LogP contribution in [0, 0.1) is 0 Å². The van der Waals surface area contributed by atoms with Crippen molar-refractivity contribution in [2.45, 2.75) is 6.04 Å². The number of nitrogens with zero attached hydrogens (tertiary/aromatic N) is 3. The number of nitrogen functional groups attached to an aromatic ring is 1. The van der Waals surface area contributed by atoms with Gasteiger partial charge in [-0.3, -0.25) is 4.57 Å². The lowest BCUT2D eigenvalue weighted by molar-refractivity contribution is 0.389. The molecule has 24 heavy (non-hydrogen) atoms. The highest BCUT2D eigenvalue weighted by atomic mass is 16.3. The van der Waals surface area contributed by atoms with Gasteiger partial charge in [-0.05, 0) is 11.6 Å². The lowest BCUT2D eigenvalue weighted by Crippen LogP contribution is -2.20. The van der Waals surface area contributed by atoms with E-state index in [1.807, 2.05) is 54.6 Å². The first-order chi connectivity index (χ1) is 11.7. The van der Waals surface area contributed by atoms with Gasteiger partial charge in [0, 0.05) is 11.9 Å². The van der Waals surface area contributed by atoms with E-state index >= 15 is 0 Å². The molecule has 0 spiro atoms. The number of hydrogen-bond acceptors (Lipinski definition) is 5. The van der Waals surface area contributed by atoms with E-state index in [1.165, 1.54) is 0 Å². The Labute approximate surface area is 138 Å². The van der Waals surface area contributed by atoms with Crippen molar-refractivity contribution < 1.29 is 5.11 Å². The number of fused-ring (bicyclic) bond motifs is 3. The van der Waals surface area contributed by atoms with Crippen LogP contribution < -0.4 is 11.5 Å². The third-order valence-electron chi connectivity index (χ3n) is 4.25. The summed E-state index contributed by atoms with van der Waals surface area (Å²) in [4.78, 5) is 8.61. The molecular weight excluding hydrogens is 302 g/mol. The Kier molecular flexibility index (Phi) is 3.32. The zero-order valence-electron chi connectivity index (χ0n) is 12.9. The average Bonchev–Trinajstić information content (AvgIpc) is 2.95. The van der Waals surface area contributed by atoms with Gasteiger partial charge in [0.2, 0.25) is 0 Å². The van der Waals surface area contributed by atoms with Crippen LogP contribution in [0.2, 0.25) is 0 Å². The summed E-state index contributed by atoms with van der Waals surface area (Å²) in [6, 6.07) is 17.1. The molecule has 0 amide bonds. The van der Waals surface area contributed by atoms with Gasteiger partial charge in [-0.2, -0.15) is 4.98 Å². The van der Waals surface area contributed by atoms with Crippen molar-refractivity contribution in [3.05, 3.63) is 60.2 Å². The van der Waals surface area contributed by atoms with Crippen molar-refractivity contribution in [2.75, 3.05) is 12.3 Å². The van der Waals surface area contributed by atoms with Crippen LogP contribution in [0.4, 0.5) is 5.82 Å². The molecule has 2 aromatic heterocycles. The average molecular weight is 319 g/mol. The smallest absolute Gasteiger partial charge is 0.295 e. The van der Waals surface area contributed by atoms with Crippen LogP contribution in [0.1, 0.15) is 11.6 Å². The lowest BCUT2D eigenvalue weighted by Gasteiger charge is -2.19. The summed E-state index contributed by atoms with van der Waals surface area (Å²) >= 11 is 0. The highest BCUT2D eigenvalue weighted by Crippen LogP contribution is 2.35. The number of hydrogen-bond donors (Lipinski definition) is 3. The van der Waals surface area contributed by atoms with Crippen LogP contribution in [0.15, 0.2) is 54.6 Å². The minimum Gasteiger partial charge on any atom is -0.480 e. The second-order valence-electron chi connectivity index (χ2n) is 5.66. The van der Waals surface area contributed by atoms with Crippen LogP contribution >= 0.6 is 0 Å². The highest BCUT2D eigenvalue weighted by Gasteiger charge is 2.23. The van der Waals surface area contributed by atoms with E-state index in [0.29, 0.717) is 17.9 Å². The Balaban J connectivity index is 2.10. The number of imidazole rings is 1. The quantitative estimate of drug-likeness (QED) is 0.538. The summed E-state index contributed by atoms with van der Waals surface area (Å²) in [6.07, 6.45) is 0. The minimum absolute atomic E-state index is 0.117. The highest BCUT2D eigenvalue weighted by molar-refractivity contribution is 6.06. The molecule has 4 rings (SSSR count). The molecule has 0 aliphatic heterocycles. The summed E-state index contributed by atoms with van der Waals surface area (Å²) in [6.45, 7) is 0.319. The Morgan fingerprint density at radius 1 is 1.00 bits per heavy atom. The second kappa shape index (κ2) is 5.50. The molecule has 0 fully saturated rings. The van der Waals surface area contributed by atoms with Gasteiger partial charge in [0.1, 0.15) is 5.52 Å². The van der Waals surface area contributed by atoms with Crippen molar-refractivity contribution in [1.29, 1.82) is 0 Å². The van der Waals surface area contributed by atoms with Crippen molar-refractivity contribution >= 4 is 27.8 Å². The van der Waals surface area contributed by atoms with Crippen molar-refractivity contribution in [3.63, 3.8) is 0 Å². The van der Waals surface area contributed by atoms with Gasteiger partial charge in [-0.25, -0.2) is 4.98 Å². The molecule has 6 heteroatoms. The van der Waals surface area contributed by atoms with E-state index < -0.39 is 0 Å². The van der Waals surface area contributed by atoms with Gasteiger partial charge < -0.3 is 16.6 Å². The number of para-hydroxylation sites is 1. The molecule has 0 aliphatic carbocycles. The second-order valence-corrected chi connectivity index (χ2v) is 5.66. The van der Waals surface area contributed by atoms with Crippen molar-refractivity contribution in [1.82, 2.24) is 14.5 Å². The molecule has 5 N–H and O–H groups in total. The molecule has 0 radical (unpaired) electrons. The van der Waals surface area contributed by atoms with Gasteiger partial charge in [-0.15, -0.1) is 0 Å². The molecule has 1 atom stereocenters. The van der Waals surface area contributed by atoms with Crippen molar-refractivity contribution in [2.24, 2.45) is 5.73 Å². The van der Waals surface area contributed by atoms with Crippen LogP contribution in [0.5, 0.6) is 6.01 Å². The number of aromatic hydroxyl groups is 1. The Morgan fingerprint density at radius 3 is 2.46 bits per heavy atom. The number of rotatable bonds is 3. The third-order valence-corrected chi connectivity index (χ3v) is 4.25. The van der Waals surface area contributed by atoms with Crippen molar-refractivity contribution in [3.8, 4) is 6.01 Å². The monoisotopic (exact) mass is 319 g/mol. The maximum atomic E-state index is 10.5. The number of anilines is 1. The van der Waals surface area contributed by atoms with Gasteiger partial charge in [0.25, 0.3) is 6.01 Å². The maximum Gasteiger partial charge on any atom is 0.295 e. The zero-order chi connectivity index (χ0) is 16.7. The van der Waals surface area contributed by atoms with E-state index in [0.717, 1.165) is 22.0 Å². The minimum atomic E-state index is -0.249. The predicted molar refractivity (Wildman–Crippen MR) is 94.7 cm³/mol. The Morgan fingerprint density at radius 2 is 1.71 bits per heavy atom. The SMILES string of the molecule is NCC(c1ccccc1)n1c(O)nc2c(N)nc3ccccc3c21. The number of benzene rings is 2. The number of aromatic nitrogens is 3. The third kappa shape index (κ3) is 2.08. The molecule has 120 valence electrons. The number of pyridine rings is 1. The molecule has 0 saturated heterocycles. The zero-order valence-corrected chi connectivity index (χ0v) is 12.9. The molecule has 0 aliphatic rings. The van der Waals surface area contributed by atoms with Gasteiger partial charge >= 0.3 is 0 Å². The summed E-state index contributed by atoms with van der Waals surface area (Å²) < 4.78 is 1.74. The van der Waals surface area contributed by atoms with Crippen LogP contribution in [0.25, 0.3) is 21.9 Å². The molecule has 6 nitrogen and oxygen atoms in total. The fourth-order valence-corrected chi connectivity index (χ4v) is 3.17. The van der Waals surface area contributed by atoms with Crippen LogP contribution in [-0.4, -0.2) is 26.2 Å². The Bertz CT molecular complexity index is 1030. The number of nitrogens with two attached hydrogens (primary N) is 2. The molecule has 1 unspecified atom stereocenters. The lowest BCUT2D eigenvalue weighted by atomic mass is 10.1. The van der Waals surface area contributed by atoms with E-state index in [-0.39, 0.29) is 12.1 Å².